The van der Waals surface area contributed by atoms with Crippen molar-refractivity contribution in [1.82, 2.24) is 15.5 Å². The van der Waals surface area contributed by atoms with Crippen LogP contribution >= 0.6 is 0 Å². The van der Waals surface area contributed by atoms with Crippen LogP contribution in [0.5, 0.6) is 0 Å². The number of nitrogens with zero attached hydrogens (tertiary/aromatic N) is 1. The number of hydrogen-bond acceptors (Lipinski definition) is 4. The summed E-state index contributed by atoms with van der Waals surface area (Å²) in [6.45, 7) is 2.59. The number of amides is 3. The fraction of sp³-hybridized carbons (Fsp3) is 0.500. The number of carbonyl (C=O) groups is 3. The van der Waals surface area contributed by atoms with Crippen molar-refractivity contribution in [2.24, 2.45) is 5.92 Å². The molecule has 2 fully saturated rings. The van der Waals surface area contributed by atoms with E-state index in [4.69, 9.17) is 0 Å². The van der Waals surface area contributed by atoms with Gasteiger partial charge in [-0.25, -0.2) is 0 Å². The summed E-state index contributed by atoms with van der Waals surface area (Å²) in [5.41, 5.74) is 2.93. The first-order valence-electron chi connectivity index (χ1n) is 8.59. The molecule has 3 amide bonds. The van der Waals surface area contributed by atoms with Gasteiger partial charge < -0.3 is 10.2 Å². The summed E-state index contributed by atoms with van der Waals surface area (Å²) in [6.07, 6.45) is 2.91. The topological polar surface area (TPSA) is 78.5 Å². The quantitative estimate of drug-likeness (QED) is 0.797. The van der Waals surface area contributed by atoms with E-state index in [1.807, 2.05) is 12.1 Å². The Labute approximate surface area is 140 Å². The lowest BCUT2D eigenvalue weighted by molar-refractivity contribution is -0.136. The molecule has 126 valence electrons. The highest BCUT2D eigenvalue weighted by atomic mass is 16.2. The molecule has 1 aromatic rings. The van der Waals surface area contributed by atoms with Crippen LogP contribution in [0.3, 0.4) is 0 Å². The second kappa shape index (κ2) is 6.02. The Morgan fingerprint density at radius 1 is 1.17 bits per heavy atom. The molecule has 0 bridgehead atoms. The molecule has 0 saturated carbocycles. The van der Waals surface area contributed by atoms with Gasteiger partial charge in [-0.1, -0.05) is 12.1 Å². The number of fused-ring (bicyclic) bond motifs is 1. The predicted molar refractivity (Wildman–Crippen MR) is 87.2 cm³/mol. The summed E-state index contributed by atoms with van der Waals surface area (Å²) < 4.78 is 0. The van der Waals surface area contributed by atoms with Gasteiger partial charge in [0.25, 0.3) is 5.91 Å². The Morgan fingerprint density at radius 3 is 2.79 bits per heavy atom. The van der Waals surface area contributed by atoms with Crippen molar-refractivity contribution in [3.05, 3.63) is 34.9 Å². The molecular formula is C18H21N3O3. The van der Waals surface area contributed by atoms with Crippen molar-refractivity contribution in [3.8, 4) is 0 Å². The maximum absolute atomic E-state index is 12.6. The molecule has 0 aromatic heterocycles. The molecule has 2 N–H and O–H groups in total. The largest absolute Gasteiger partial charge is 0.322 e. The number of hydrogen-bond donors (Lipinski definition) is 2. The highest BCUT2D eigenvalue weighted by Gasteiger charge is 2.39. The summed E-state index contributed by atoms with van der Waals surface area (Å²) in [4.78, 5) is 37.6. The zero-order chi connectivity index (χ0) is 16.7. The summed E-state index contributed by atoms with van der Waals surface area (Å²) in [7, 11) is 0. The van der Waals surface area contributed by atoms with Crippen molar-refractivity contribution in [1.29, 1.82) is 0 Å². The lowest BCUT2D eigenvalue weighted by atomic mass is 9.96. The van der Waals surface area contributed by atoms with Gasteiger partial charge in [0, 0.05) is 18.5 Å². The Morgan fingerprint density at radius 2 is 2.04 bits per heavy atom. The fourth-order valence-corrected chi connectivity index (χ4v) is 3.98. The molecule has 0 radical (unpaired) electrons. The summed E-state index contributed by atoms with van der Waals surface area (Å²) >= 11 is 0. The van der Waals surface area contributed by atoms with E-state index in [0.29, 0.717) is 24.4 Å². The van der Waals surface area contributed by atoms with E-state index in [-0.39, 0.29) is 24.1 Å². The second-order valence-corrected chi connectivity index (χ2v) is 6.95. The van der Waals surface area contributed by atoms with Crippen molar-refractivity contribution in [2.45, 2.75) is 38.3 Å². The fourth-order valence-electron chi connectivity index (χ4n) is 3.98. The Bertz CT molecular complexity index is 709. The molecule has 2 saturated heterocycles. The van der Waals surface area contributed by atoms with E-state index in [2.05, 4.69) is 16.7 Å². The van der Waals surface area contributed by atoms with Gasteiger partial charge in [-0.05, 0) is 55.5 Å². The minimum atomic E-state index is -0.537. The molecule has 6 heteroatoms. The van der Waals surface area contributed by atoms with Crippen LogP contribution in [0.15, 0.2) is 18.2 Å². The molecule has 0 aliphatic carbocycles. The Hall–Kier alpha value is -2.21. The minimum Gasteiger partial charge on any atom is -0.322 e. The number of carbonyl (C=O) groups excluding carboxylic acids is 3. The molecule has 3 aliphatic rings. The summed E-state index contributed by atoms with van der Waals surface area (Å²) in [5, 5.41) is 5.71. The summed E-state index contributed by atoms with van der Waals surface area (Å²) in [6, 6.07) is 5.49. The third-order valence-corrected chi connectivity index (χ3v) is 5.27. The highest BCUT2D eigenvalue weighted by Crippen LogP contribution is 2.29. The standard InChI is InChI=1S/C18H21N3O3/c22-16-4-3-15(17(23)20-16)21-10-13-8-11(1-2-14(13)18(21)24)7-12-5-6-19-9-12/h1-2,8,12,15,19H,3-7,9-10H2,(H,20,22,23)/t12-,15?/m0/s1. The van der Waals surface area contributed by atoms with Crippen LogP contribution in [-0.4, -0.2) is 41.8 Å². The van der Waals surface area contributed by atoms with Crippen LogP contribution in [0.2, 0.25) is 0 Å². The molecule has 2 atom stereocenters. The molecule has 4 rings (SSSR count). The van der Waals surface area contributed by atoms with E-state index in [1.54, 1.807) is 4.90 Å². The third-order valence-electron chi connectivity index (χ3n) is 5.27. The van der Waals surface area contributed by atoms with Crippen LogP contribution in [0.4, 0.5) is 0 Å². The van der Waals surface area contributed by atoms with Crippen molar-refractivity contribution >= 4 is 17.7 Å². The molecule has 3 heterocycles. The lowest BCUT2D eigenvalue weighted by Gasteiger charge is -2.29. The van der Waals surface area contributed by atoms with Crippen molar-refractivity contribution in [2.75, 3.05) is 13.1 Å². The smallest absolute Gasteiger partial charge is 0.255 e. The van der Waals surface area contributed by atoms with Gasteiger partial charge in [0.05, 0.1) is 0 Å². The van der Waals surface area contributed by atoms with Gasteiger partial charge in [0.1, 0.15) is 6.04 Å². The highest BCUT2D eigenvalue weighted by molar-refractivity contribution is 6.05. The van der Waals surface area contributed by atoms with E-state index in [0.717, 1.165) is 25.1 Å². The van der Waals surface area contributed by atoms with E-state index in [9.17, 15) is 14.4 Å². The first-order chi connectivity index (χ1) is 11.6. The monoisotopic (exact) mass is 327 g/mol. The van der Waals surface area contributed by atoms with Crippen LogP contribution in [0.25, 0.3) is 0 Å². The first-order valence-corrected chi connectivity index (χ1v) is 8.59. The molecular weight excluding hydrogens is 306 g/mol. The van der Waals surface area contributed by atoms with Crippen LogP contribution in [0.1, 0.15) is 40.7 Å². The zero-order valence-electron chi connectivity index (χ0n) is 13.5. The van der Waals surface area contributed by atoms with Crippen LogP contribution < -0.4 is 10.6 Å². The van der Waals surface area contributed by atoms with E-state index >= 15 is 0 Å². The number of benzene rings is 1. The van der Waals surface area contributed by atoms with Crippen molar-refractivity contribution < 1.29 is 14.4 Å². The van der Waals surface area contributed by atoms with Gasteiger partial charge in [0.15, 0.2) is 0 Å². The minimum absolute atomic E-state index is 0.103. The van der Waals surface area contributed by atoms with Gasteiger partial charge in [-0.15, -0.1) is 0 Å². The van der Waals surface area contributed by atoms with Gasteiger partial charge in [0.2, 0.25) is 11.8 Å². The van der Waals surface area contributed by atoms with E-state index in [1.165, 1.54) is 12.0 Å². The molecule has 1 unspecified atom stereocenters. The number of imide groups is 1. The summed E-state index contributed by atoms with van der Waals surface area (Å²) in [5.74, 6) is -0.0579. The second-order valence-electron chi connectivity index (χ2n) is 6.95. The predicted octanol–water partition coefficient (Wildman–Crippen LogP) is 0.600. The molecule has 0 spiro atoms. The van der Waals surface area contributed by atoms with Crippen molar-refractivity contribution in [3.63, 3.8) is 0 Å². The molecule has 24 heavy (non-hydrogen) atoms. The Kier molecular flexibility index (Phi) is 3.84. The zero-order valence-corrected chi connectivity index (χ0v) is 13.5. The van der Waals surface area contributed by atoms with E-state index < -0.39 is 6.04 Å². The molecule has 1 aromatic carbocycles. The number of piperidine rings is 1. The van der Waals surface area contributed by atoms with Crippen LogP contribution in [-0.2, 0) is 22.6 Å². The van der Waals surface area contributed by atoms with Crippen LogP contribution in [0, 0.1) is 5.92 Å². The maximum Gasteiger partial charge on any atom is 0.255 e. The average Bonchev–Trinajstić information content (AvgIpc) is 3.16. The van der Waals surface area contributed by atoms with Gasteiger partial charge in [-0.2, -0.15) is 0 Å². The first kappa shape index (κ1) is 15.3. The van der Waals surface area contributed by atoms with Gasteiger partial charge in [-0.3, -0.25) is 19.7 Å². The number of rotatable bonds is 3. The maximum atomic E-state index is 12.6. The average molecular weight is 327 g/mol. The normalized spacial score (nSPS) is 26.7. The third kappa shape index (κ3) is 2.71. The SMILES string of the molecule is O=C1CCC(N2Cc3cc(C[C@@H]4CCNC4)ccc3C2=O)C(=O)N1. The Balaban J connectivity index is 1.51. The molecule has 3 aliphatic heterocycles. The van der Waals surface area contributed by atoms with Gasteiger partial charge >= 0.3 is 0 Å². The molecule has 6 nitrogen and oxygen atoms in total. The lowest BCUT2D eigenvalue weighted by Crippen LogP contribution is -2.52. The number of nitrogens with one attached hydrogen (secondary N) is 2.